The van der Waals surface area contributed by atoms with Crippen LogP contribution in [0.2, 0.25) is 0 Å². The van der Waals surface area contributed by atoms with E-state index in [2.05, 4.69) is 22.6 Å². The Kier molecular flexibility index (Phi) is 5.04. The number of amides is 3. The van der Waals surface area contributed by atoms with Crippen LogP contribution in [-0.4, -0.2) is 49.1 Å². The topological polar surface area (TPSA) is 70.7 Å². The summed E-state index contributed by atoms with van der Waals surface area (Å²) in [5.41, 5.74) is 0.357. The minimum absolute atomic E-state index is 0.127. The molecule has 2 saturated heterocycles. The summed E-state index contributed by atoms with van der Waals surface area (Å²) < 4.78 is 5.16. The average Bonchev–Trinajstić information content (AvgIpc) is 2.55. The zero-order valence-corrected chi connectivity index (χ0v) is 14.2. The number of nitrogens with one attached hydrogen (secondary N) is 2. The summed E-state index contributed by atoms with van der Waals surface area (Å²) in [5, 5.41) is 5.38. The Balaban J connectivity index is 1.57. The van der Waals surface area contributed by atoms with Gasteiger partial charge < -0.3 is 15.0 Å². The number of fused-ring (bicyclic) bond motifs is 2. The minimum Gasteiger partial charge on any atom is -0.496 e. The van der Waals surface area contributed by atoms with E-state index >= 15 is 0 Å². The number of methoxy groups -OCH3 is 1. The number of para-hydroxylation sites is 1. The molecule has 6 nitrogen and oxygen atoms in total. The van der Waals surface area contributed by atoms with Crippen LogP contribution in [0, 0.1) is 0 Å². The van der Waals surface area contributed by atoms with Gasteiger partial charge in [-0.25, -0.2) is 4.79 Å². The fourth-order valence-electron chi connectivity index (χ4n) is 3.96. The van der Waals surface area contributed by atoms with Gasteiger partial charge in [-0.2, -0.15) is 0 Å². The lowest BCUT2D eigenvalue weighted by Crippen LogP contribution is -2.56. The van der Waals surface area contributed by atoms with Gasteiger partial charge in [0.2, 0.25) is 0 Å². The second-order valence-electron chi connectivity index (χ2n) is 6.70. The Morgan fingerprint density at radius 3 is 2.50 bits per heavy atom. The van der Waals surface area contributed by atoms with E-state index in [0.29, 0.717) is 23.4 Å². The highest BCUT2D eigenvalue weighted by atomic mass is 16.5. The van der Waals surface area contributed by atoms with Crippen molar-refractivity contribution in [1.29, 1.82) is 0 Å². The highest BCUT2D eigenvalue weighted by molar-refractivity contribution is 6.05. The first-order chi connectivity index (χ1) is 11.6. The number of carbonyl (C=O) groups is 2. The number of hydrogen-bond acceptors (Lipinski definition) is 4. The van der Waals surface area contributed by atoms with E-state index in [9.17, 15) is 9.59 Å². The number of benzene rings is 1. The van der Waals surface area contributed by atoms with Crippen LogP contribution in [0.3, 0.4) is 0 Å². The van der Waals surface area contributed by atoms with Crippen LogP contribution in [0.25, 0.3) is 0 Å². The molecule has 2 bridgehead atoms. The van der Waals surface area contributed by atoms with Gasteiger partial charge in [-0.1, -0.05) is 18.6 Å². The average molecular weight is 331 g/mol. The van der Waals surface area contributed by atoms with Gasteiger partial charge in [0.1, 0.15) is 5.75 Å². The van der Waals surface area contributed by atoms with Gasteiger partial charge in [-0.3, -0.25) is 10.1 Å². The third kappa shape index (κ3) is 3.53. The number of ether oxygens (including phenoxy) is 1. The van der Waals surface area contributed by atoms with E-state index in [-0.39, 0.29) is 6.04 Å². The largest absolute Gasteiger partial charge is 0.496 e. The summed E-state index contributed by atoms with van der Waals surface area (Å²) in [5.74, 6) is 0.00898. The summed E-state index contributed by atoms with van der Waals surface area (Å²) >= 11 is 0. The quantitative estimate of drug-likeness (QED) is 0.890. The van der Waals surface area contributed by atoms with Gasteiger partial charge in [0.25, 0.3) is 5.91 Å². The van der Waals surface area contributed by atoms with E-state index in [1.807, 2.05) is 0 Å². The number of imide groups is 1. The maximum atomic E-state index is 12.3. The maximum absolute atomic E-state index is 12.3. The van der Waals surface area contributed by atoms with E-state index < -0.39 is 11.9 Å². The molecule has 3 amide bonds. The molecule has 2 N–H and O–H groups in total. The molecule has 0 aliphatic carbocycles. The second-order valence-corrected chi connectivity index (χ2v) is 6.70. The Morgan fingerprint density at radius 1 is 1.17 bits per heavy atom. The molecule has 3 rings (SSSR count). The van der Waals surface area contributed by atoms with Crippen LogP contribution < -0.4 is 15.4 Å². The summed E-state index contributed by atoms with van der Waals surface area (Å²) in [7, 11) is 3.68. The molecule has 2 heterocycles. The van der Waals surface area contributed by atoms with Crippen molar-refractivity contribution in [3.63, 3.8) is 0 Å². The fraction of sp³-hybridized carbons (Fsp3) is 0.556. The van der Waals surface area contributed by atoms with Gasteiger partial charge in [-0.05, 0) is 44.9 Å². The smallest absolute Gasteiger partial charge is 0.321 e. The molecule has 24 heavy (non-hydrogen) atoms. The third-order valence-corrected chi connectivity index (χ3v) is 5.25. The van der Waals surface area contributed by atoms with Crippen molar-refractivity contribution >= 4 is 11.9 Å². The van der Waals surface area contributed by atoms with Crippen LogP contribution in [0.5, 0.6) is 5.75 Å². The molecule has 2 fully saturated rings. The number of carbonyl (C=O) groups excluding carboxylic acids is 2. The van der Waals surface area contributed by atoms with Crippen molar-refractivity contribution in [3.8, 4) is 5.75 Å². The molecule has 2 aliphatic rings. The lowest BCUT2D eigenvalue weighted by atomic mass is 9.82. The van der Waals surface area contributed by atoms with Crippen LogP contribution in [0.15, 0.2) is 24.3 Å². The predicted molar refractivity (Wildman–Crippen MR) is 91.2 cm³/mol. The van der Waals surface area contributed by atoms with Crippen molar-refractivity contribution in [2.24, 2.45) is 0 Å². The lowest BCUT2D eigenvalue weighted by molar-refractivity contribution is 0.0508. The number of piperidine rings is 2. The van der Waals surface area contributed by atoms with Gasteiger partial charge in [0, 0.05) is 18.1 Å². The molecular formula is C18H25N3O3. The monoisotopic (exact) mass is 331 g/mol. The molecule has 6 heteroatoms. The molecule has 130 valence electrons. The summed E-state index contributed by atoms with van der Waals surface area (Å²) in [6.07, 6.45) is 5.54. The molecule has 0 aromatic heterocycles. The third-order valence-electron chi connectivity index (χ3n) is 5.25. The molecule has 1 unspecified atom stereocenters. The normalized spacial score (nSPS) is 26.5. The van der Waals surface area contributed by atoms with E-state index in [4.69, 9.17) is 4.74 Å². The van der Waals surface area contributed by atoms with E-state index in [0.717, 1.165) is 12.8 Å². The van der Waals surface area contributed by atoms with Crippen LogP contribution in [0.4, 0.5) is 4.79 Å². The Labute approximate surface area is 142 Å². The number of nitrogens with zero attached hydrogens (tertiary/aromatic N) is 1. The Morgan fingerprint density at radius 2 is 1.83 bits per heavy atom. The maximum Gasteiger partial charge on any atom is 0.321 e. The molecule has 3 atom stereocenters. The zero-order valence-electron chi connectivity index (χ0n) is 14.2. The van der Waals surface area contributed by atoms with Gasteiger partial charge >= 0.3 is 6.03 Å². The molecule has 0 spiro atoms. The van der Waals surface area contributed by atoms with Gasteiger partial charge in [0.15, 0.2) is 0 Å². The van der Waals surface area contributed by atoms with Crippen LogP contribution in [-0.2, 0) is 0 Å². The van der Waals surface area contributed by atoms with Crippen molar-refractivity contribution in [3.05, 3.63) is 29.8 Å². The van der Waals surface area contributed by atoms with E-state index in [1.165, 1.54) is 26.4 Å². The lowest BCUT2D eigenvalue weighted by Gasteiger charge is -2.47. The van der Waals surface area contributed by atoms with E-state index in [1.54, 1.807) is 24.3 Å². The molecule has 2 aliphatic heterocycles. The first-order valence-corrected chi connectivity index (χ1v) is 8.55. The highest BCUT2D eigenvalue weighted by Gasteiger charge is 2.36. The molecule has 1 aromatic rings. The van der Waals surface area contributed by atoms with Gasteiger partial charge in [-0.15, -0.1) is 0 Å². The van der Waals surface area contributed by atoms with Crippen LogP contribution >= 0.6 is 0 Å². The zero-order chi connectivity index (χ0) is 17.1. The molecule has 1 aromatic carbocycles. The number of rotatable bonds is 3. The first-order valence-electron chi connectivity index (χ1n) is 8.55. The predicted octanol–water partition coefficient (Wildman–Crippen LogP) is 2.15. The van der Waals surface area contributed by atoms with Crippen molar-refractivity contribution in [2.45, 2.75) is 50.2 Å². The first kappa shape index (κ1) is 16.8. The summed E-state index contributed by atoms with van der Waals surface area (Å²) in [6, 6.07) is 7.63. The Hall–Kier alpha value is -2.08. The number of hydrogen-bond donors (Lipinski definition) is 2. The SMILES string of the molecule is COc1ccccc1C(=O)NC(=O)NC1C[C@H]2CCC[C@@H](C1)N2C. The summed E-state index contributed by atoms with van der Waals surface area (Å²) in [4.78, 5) is 26.9. The molecule has 0 saturated carbocycles. The fourth-order valence-corrected chi connectivity index (χ4v) is 3.96. The van der Waals surface area contributed by atoms with Gasteiger partial charge in [0.05, 0.1) is 12.7 Å². The second kappa shape index (κ2) is 7.21. The van der Waals surface area contributed by atoms with Crippen molar-refractivity contribution in [1.82, 2.24) is 15.5 Å². The Bertz CT molecular complexity index is 605. The summed E-state index contributed by atoms with van der Waals surface area (Å²) in [6.45, 7) is 0. The number of urea groups is 1. The minimum atomic E-state index is -0.446. The van der Waals surface area contributed by atoms with Crippen molar-refractivity contribution < 1.29 is 14.3 Å². The standard InChI is InChI=1S/C18H25N3O3/c1-21-13-6-5-7-14(21)11-12(10-13)19-18(23)20-17(22)15-8-3-4-9-16(15)24-2/h3-4,8-9,12-14H,5-7,10-11H2,1-2H3,(H2,19,20,22,23)/t12?,13-,14+. The molecular weight excluding hydrogens is 306 g/mol. The highest BCUT2D eigenvalue weighted by Crippen LogP contribution is 2.32. The molecule has 0 radical (unpaired) electrons. The van der Waals surface area contributed by atoms with Crippen LogP contribution in [0.1, 0.15) is 42.5 Å². The van der Waals surface area contributed by atoms with Crippen molar-refractivity contribution in [2.75, 3.05) is 14.2 Å².